The van der Waals surface area contributed by atoms with Crippen LogP contribution in [0.4, 0.5) is 0 Å². The Kier molecular flexibility index (Phi) is 6.78. The quantitative estimate of drug-likeness (QED) is 0.413. The normalized spacial score (nSPS) is 27.8. The van der Waals surface area contributed by atoms with Crippen LogP contribution in [0.15, 0.2) is 54.0 Å². The summed E-state index contributed by atoms with van der Waals surface area (Å²) in [5.41, 5.74) is 1.47. The monoisotopic (exact) mass is 479 g/mol. The van der Waals surface area contributed by atoms with Gasteiger partial charge in [0.05, 0.1) is 12.4 Å². The maximum atomic E-state index is 4.56. The molecular weight excluding hydrogens is 449 g/mol. The van der Waals surface area contributed by atoms with Crippen LogP contribution in [0.3, 0.4) is 0 Å². The van der Waals surface area contributed by atoms with Gasteiger partial charge in [0, 0.05) is 39.1 Å². The Balaban J connectivity index is 0.00000210. The summed E-state index contributed by atoms with van der Waals surface area (Å²) >= 11 is 0. The summed E-state index contributed by atoms with van der Waals surface area (Å²) in [6.45, 7) is 5.41. The van der Waals surface area contributed by atoms with Crippen molar-refractivity contribution in [3.8, 4) is 0 Å². The number of hydrogen-bond acceptors (Lipinski definition) is 2. The fraction of sp³-hybridized carbons (Fsp3) is 0.524. The van der Waals surface area contributed by atoms with E-state index in [-0.39, 0.29) is 24.0 Å². The Morgan fingerprint density at radius 3 is 2.81 bits per heavy atom. The number of hydrogen-bond donors (Lipinski definition) is 1. The molecule has 0 amide bonds. The molecule has 0 radical (unpaired) electrons. The van der Waals surface area contributed by atoms with Gasteiger partial charge in [-0.3, -0.25) is 4.99 Å². The number of benzene rings is 1. The SMILES string of the molecule is CN=C(NCC1CC1c1ccccc1)N1CCC(C)C(n2ccnc2)C1.I. The maximum absolute atomic E-state index is 4.56. The molecule has 4 atom stereocenters. The van der Waals surface area contributed by atoms with Gasteiger partial charge < -0.3 is 14.8 Å². The average Bonchev–Trinajstić information content (AvgIpc) is 3.25. The lowest BCUT2D eigenvalue weighted by molar-refractivity contribution is 0.189. The Morgan fingerprint density at radius 1 is 1.30 bits per heavy atom. The van der Waals surface area contributed by atoms with E-state index in [1.807, 2.05) is 19.6 Å². The van der Waals surface area contributed by atoms with E-state index in [9.17, 15) is 0 Å². The highest BCUT2D eigenvalue weighted by Gasteiger charge is 2.38. The molecule has 6 heteroatoms. The van der Waals surface area contributed by atoms with Crippen molar-refractivity contribution in [3.05, 3.63) is 54.6 Å². The number of nitrogens with zero attached hydrogens (tertiary/aromatic N) is 4. The molecule has 1 N–H and O–H groups in total. The predicted octanol–water partition coefficient (Wildman–Crippen LogP) is 3.76. The third-order valence-electron chi connectivity index (χ3n) is 6.01. The van der Waals surface area contributed by atoms with E-state index in [2.05, 4.69) is 68.2 Å². The van der Waals surface area contributed by atoms with E-state index in [0.717, 1.165) is 31.5 Å². The Morgan fingerprint density at radius 2 is 2.11 bits per heavy atom. The Labute approximate surface area is 179 Å². The number of halogens is 1. The van der Waals surface area contributed by atoms with Crippen molar-refractivity contribution >= 4 is 29.9 Å². The van der Waals surface area contributed by atoms with Crippen molar-refractivity contribution in [2.45, 2.75) is 31.7 Å². The van der Waals surface area contributed by atoms with E-state index in [4.69, 9.17) is 0 Å². The molecule has 1 aromatic carbocycles. The van der Waals surface area contributed by atoms with E-state index >= 15 is 0 Å². The molecule has 146 valence electrons. The maximum Gasteiger partial charge on any atom is 0.193 e. The molecule has 5 nitrogen and oxygen atoms in total. The molecule has 1 aromatic heterocycles. The highest BCUT2D eigenvalue weighted by molar-refractivity contribution is 14.0. The molecule has 2 fully saturated rings. The third-order valence-corrected chi connectivity index (χ3v) is 6.01. The number of aromatic nitrogens is 2. The molecule has 1 saturated carbocycles. The minimum atomic E-state index is 0. The third kappa shape index (κ3) is 4.65. The first kappa shape index (κ1) is 20.2. The van der Waals surface area contributed by atoms with E-state index in [1.54, 1.807) is 0 Å². The zero-order valence-corrected chi connectivity index (χ0v) is 18.5. The van der Waals surface area contributed by atoms with Gasteiger partial charge >= 0.3 is 0 Å². The Bertz CT molecular complexity index is 730. The van der Waals surface area contributed by atoms with Crippen molar-refractivity contribution in [2.24, 2.45) is 16.8 Å². The van der Waals surface area contributed by atoms with Crippen molar-refractivity contribution in [1.29, 1.82) is 0 Å². The summed E-state index contributed by atoms with van der Waals surface area (Å²) in [4.78, 5) is 11.2. The van der Waals surface area contributed by atoms with Crippen LogP contribution in [0.5, 0.6) is 0 Å². The minimum Gasteiger partial charge on any atom is -0.356 e. The second kappa shape index (κ2) is 9.08. The van der Waals surface area contributed by atoms with Gasteiger partial charge in [-0.1, -0.05) is 37.3 Å². The summed E-state index contributed by atoms with van der Waals surface area (Å²) in [5, 5.41) is 3.63. The van der Waals surface area contributed by atoms with E-state index < -0.39 is 0 Å². The van der Waals surface area contributed by atoms with Crippen molar-refractivity contribution < 1.29 is 0 Å². The smallest absolute Gasteiger partial charge is 0.193 e. The standard InChI is InChI=1S/C21H29N5.HI/c1-16-8-10-25(14-20(16)26-11-9-23-15-26)21(22-2)24-13-18-12-19(18)17-6-4-3-5-7-17;/h3-7,9,11,15-16,18-20H,8,10,12-14H2,1-2H3,(H,22,24);1H. The first-order valence-corrected chi connectivity index (χ1v) is 9.74. The summed E-state index contributed by atoms with van der Waals surface area (Å²) in [7, 11) is 1.90. The molecule has 2 aliphatic rings. The van der Waals surface area contributed by atoms with Gasteiger partial charge in [-0.15, -0.1) is 24.0 Å². The molecule has 2 heterocycles. The van der Waals surface area contributed by atoms with E-state index in [1.165, 1.54) is 18.4 Å². The molecule has 1 aliphatic carbocycles. The lowest BCUT2D eigenvalue weighted by atomic mass is 9.93. The number of rotatable bonds is 4. The van der Waals surface area contributed by atoms with Crippen LogP contribution in [0, 0.1) is 11.8 Å². The zero-order valence-electron chi connectivity index (χ0n) is 16.2. The molecule has 0 bridgehead atoms. The highest BCUT2D eigenvalue weighted by Crippen LogP contribution is 2.46. The van der Waals surface area contributed by atoms with Crippen molar-refractivity contribution in [1.82, 2.24) is 19.8 Å². The fourth-order valence-corrected chi connectivity index (χ4v) is 4.23. The first-order chi connectivity index (χ1) is 12.8. The van der Waals surface area contributed by atoms with Crippen LogP contribution in [-0.2, 0) is 0 Å². The first-order valence-electron chi connectivity index (χ1n) is 9.74. The summed E-state index contributed by atoms with van der Waals surface area (Å²) in [5.74, 6) is 3.13. The van der Waals surface area contributed by atoms with Crippen LogP contribution in [0.2, 0.25) is 0 Å². The van der Waals surface area contributed by atoms with E-state index in [0.29, 0.717) is 17.9 Å². The number of imidazole rings is 1. The molecular formula is C21H30IN5. The van der Waals surface area contributed by atoms with Crippen LogP contribution in [-0.4, -0.2) is 47.1 Å². The minimum absolute atomic E-state index is 0. The van der Waals surface area contributed by atoms with Crippen molar-refractivity contribution in [2.75, 3.05) is 26.7 Å². The molecule has 27 heavy (non-hydrogen) atoms. The number of aliphatic imine (C=N–C) groups is 1. The van der Waals surface area contributed by atoms with Crippen LogP contribution in [0.25, 0.3) is 0 Å². The van der Waals surface area contributed by atoms with Gasteiger partial charge in [-0.25, -0.2) is 4.98 Å². The molecule has 4 rings (SSSR count). The lowest BCUT2D eigenvalue weighted by Crippen LogP contribution is -2.49. The molecule has 1 saturated heterocycles. The van der Waals surface area contributed by atoms with Crippen molar-refractivity contribution in [3.63, 3.8) is 0 Å². The fourth-order valence-electron chi connectivity index (χ4n) is 4.23. The number of guanidine groups is 1. The van der Waals surface area contributed by atoms with Crippen LogP contribution in [0.1, 0.15) is 37.3 Å². The van der Waals surface area contributed by atoms with Gasteiger partial charge in [0.25, 0.3) is 0 Å². The van der Waals surface area contributed by atoms with Gasteiger partial charge in [0.15, 0.2) is 5.96 Å². The molecule has 1 aliphatic heterocycles. The predicted molar refractivity (Wildman–Crippen MR) is 121 cm³/mol. The van der Waals surface area contributed by atoms with Gasteiger partial charge in [0.2, 0.25) is 0 Å². The number of likely N-dealkylation sites (tertiary alicyclic amines) is 1. The topological polar surface area (TPSA) is 45.5 Å². The molecule has 0 spiro atoms. The van der Waals surface area contributed by atoms with Gasteiger partial charge in [-0.05, 0) is 36.2 Å². The second-order valence-electron chi connectivity index (χ2n) is 7.73. The average molecular weight is 479 g/mol. The highest BCUT2D eigenvalue weighted by atomic mass is 127. The van der Waals surface area contributed by atoms with Crippen LogP contribution < -0.4 is 5.32 Å². The summed E-state index contributed by atoms with van der Waals surface area (Å²) in [6.07, 6.45) is 8.35. The summed E-state index contributed by atoms with van der Waals surface area (Å²) in [6, 6.07) is 11.3. The molecule has 4 unspecified atom stereocenters. The Hall–Kier alpha value is -1.57. The number of nitrogens with one attached hydrogen (secondary N) is 1. The second-order valence-corrected chi connectivity index (χ2v) is 7.73. The van der Waals surface area contributed by atoms with Crippen LogP contribution >= 0.6 is 24.0 Å². The van der Waals surface area contributed by atoms with Gasteiger partial charge in [0.1, 0.15) is 0 Å². The summed E-state index contributed by atoms with van der Waals surface area (Å²) < 4.78 is 2.25. The molecule has 2 aromatic rings. The number of piperidine rings is 1. The zero-order chi connectivity index (χ0) is 17.9. The lowest BCUT2D eigenvalue weighted by Gasteiger charge is -2.39. The largest absolute Gasteiger partial charge is 0.356 e. The van der Waals surface area contributed by atoms with Gasteiger partial charge in [-0.2, -0.15) is 0 Å².